The summed E-state index contributed by atoms with van der Waals surface area (Å²) in [5.74, 6) is 0.0125. The van der Waals surface area contributed by atoms with Crippen LogP contribution in [0.3, 0.4) is 0 Å². The first-order valence-corrected chi connectivity index (χ1v) is 11.4. The summed E-state index contributed by atoms with van der Waals surface area (Å²) in [4.78, 5) is 26.5. The van der Waals surface area contributed by atoms with Crippen LogP contribution >= 0.6 is 0 Å². The number of carbonyl (C=O) groups excluding carboxylic acids is 2. The molecule has 1 heterocycles. The molecule has 0 bridgehead atoms. The molecule has 6 nitrogen and oxygen atoms in total. The first-order valence-electron chi connectivity index (χ1n) is 11.4. The molecule has 0 radical (unpaired) electrons. The predicted octanol–water partition coefficient (Wildman–Crippen LogP) is 4.51. The molecule has 32 heavy (non-hydrogen) atoms. The van der Waals surface area contributed by atoms with Crippen molar-refractivity contribution in [2.24, 2.45) is 5.92 Å². The smallest absolute Gasteiger partial charge is 0.315 e. The van der Waals surface area contributed by atoms with Gasteiger partial charge in [0.05, 0.1) is 11.7 Å². The Balaban J connectivity index is 1.29. The van der Waals surface area contributed by atoms with Crippen molar-refractivity contribution in [2.75, 3.05) is 23.3 Å². The number of carbonyl (C=O) groups is 2. The molecule has 1 saturated heterocycles. The van der Waals surface area contributed by atoms with E-state index in [0.717, 1.165) is 49.0 Å². The van der Waals surface area contributed by atoms with Crippen LogP contribution in [0.4, 0.5) is 20.6 Å². The lowest BCUT2D eigenvalue weighted by molar-refractivity contribution is -0.117. The number of urea groups is 1. The average molecular weight is 439 g/mol. The maximum atomic E-state index is 14.3. The average Bonchev–Trinajstić information content (AvgIpc) is 3.61. The zero-order valence-corrected chi connectivity index (χ0v) is 18.7. The molecule has 0 aromatic heterocycles. The van der Waals surface area contributed by atoms with Crippen molar-refractivity contribution in [1.29, 1.82) is 0 Å². The van der Waals surface area contributed by atoms with Gasteiger partial charge in [-0.15, -0.1) is 0 Å². The molecule has 3 N–H and O–H groups in total. The molecule has 2 aliphatic rings. The van der Waals surface area contributed by atoms with Gasteiger partial charge in [0, 0.05) is 30.7 Å². The van der Waals surface area contributed by atoms with Crippen LogP contribution in [0, 0.1) is 18.7 Å². The summed E-state index contributed by atoms with van der Waals surface area (Å²) in [6.07, 6.45) is 3.69. The van der Waals surface area contributed by atoms with E-state index >= 15 is 0 Å². The van der Waals surface area contributed by atoms with Gasteiger partial charge in [-0.3, -0.25) is 4.79 Å². The van der Waals surface area contributed by atoms with E-state index in [9.17, 15) is 14.0 Å². The van der Waals surface area contributed by atoms with E-state index in [4.69, 9.17) is 0 Å². The molecule has 2 atom stereocenters. The van der Waals surface area contributed by atoms with Gasteiger partial charge in [-0.05, 0) is 74.9 Å². The fraction of sp³-hybridized carbons (Fsp3) is 0.440. The van der Waals surface area contributed by atoms with E-state index in [1.165, 1.54) is 6.07 Å². The third-order valence-electron chi connectivity index (χ3n) is 6.17. The first-order chi connectivity index (χ1) is 15.4. The maximum Gasteiger partial charge on any atom is 0.315 e. The fourth-order valence-corrected chi connectivity index (χ4v) is 4.13. The van der Waals surface area contributed by atoms with E-state index in [0.29, 0.717) is 12.2 Å². The number of rotatable bonds is 6. The number of aryl methyl sites for hydroxylation is 1. The van der Waals surface area contributed by atoms with Gasteiger partial charge in [0.1, 0.15) is 5.82 Å². The molecular weight excluding hydrogens is 407 g/mol. The summed E-state index contributed by atoms with van der Waals surface area (Å²) in [6, 6.07) is 12.2. The highest BCUT2D eigenvalue weighted by atomic mass is 19.1. The molecule has 2 unspecified atom stereocenters. The van der Waals surface area contributed by atoms with E-state index in [-0.39, 0.29) is 35.8 Å². The summed E-state index contributed by atoms with van der Waals surface area (Å²) < 4.78 is 14.3. The largest absolute Gasteiger partial charge is 0.367 e. The molecule has 0 spiro atoms. The zero-order valence-electron chi connectivity index (χ0n) is 18.7. The molecule has 2 aromatic carbocycles. The van der Waals surface area contributed by atoms with Crippen LogP contribution in [0.15, 0.2) is 42.5 Å². The quantitative estimate of drug-likeness (QED) is 0.621. The summed E-state index contributed by atoms with van der Waals surface area (Å²) in [5, 5.41) is 8.94. The number of anilines is 2. The Morgan fingerprint density at radius 2 is 1.84 bits per heavy atom. The Bertz CT molecular complexity index is 974. The predicted molar refractivity (Wildman–Crippen MR) is 124 cm³/mol. The van der Waals surface area contributed by atoms with Crippen molar-refractivity contribution in [3.8, 4) is 0 Å². The summed E-state index contributed by atoms with van der Waals surface area (Å²) in [5.41, 5.74) is 3.34. The summed E-state index contributed by atoms with van der Waals surface area (Å²) in [7, 11) is 0. The number of amides is 3. The Kier molecular flexibility index (Phi) is 6.63. The molecule has 1 saturated carbocycles. The standard InChI is InChI=1S/C25H31FN4O2/c1-16-5-12-22(26)23(14-16)30-13-3-4-21(15-30)29-25(32)27-17(2)18-8-10-20(11-9-18)28-24(31)19-6-7-19/h5,8-12,14,17,19,21H,3-4,6-7,13,15H2,1-2H3,(H,28,31)(H2,27,29,32). The van der Waals surface area contributed by atoms with Gasteiger partial charge in [0.15, 0.2) is 0 Å². The van der Waals surface area contributed by atoms with Crippen molar-refractivity contribution in [3.05, 3.63) is 59.4 Å². The molecule has 2 aromatic rings. The molecule has 170 valence electrons. The van der Waals surface area contributed by atoms with Gasteiger partial charge in [-0.1, -0.05) is 18.2 Å². The van der Waals surface area contributed by atoms with Gasteiger partial charge >= 0.3 is 6.03 Å². The van der Waals surface area contributed by atoms with Crippen molar-refractivity contribution in [2.45, 2.75) is 51.6 Å². The van der Waals surface area contributed by atoms with Crippen molar-refractivity contribution in [3.63, 3.8) is 0 Å². The first kappa shape index (κ1) is 22.1. The van der Waals surface area contributed by atoms with Gasteiger partial charge < -0.3 is 20.9 Å². The van der Waals surface area contributed by atoms with Gasteiger partial charge in [-0.25, -0.2) is 9.18 Å². The van der Waals surface area contributed by atoms with Gasteiger partial charge in [0.2, 0.25) is 5.91 Å². The maximum absolute atomic E-state index is 14.3. The topological polar surface area (TPSA) is 73.5 Å². The number of piperidine rings is 1. The summed E-state index contributed by atoms with van der Waals surface area (Å²) >= 11 is 0. The highest BCUT2D eigenvalue weighted by Gasteiger charge is 2.29. The lowest BCUT2D eigenvalue weighted by atomic mass is 10.0. The molecule has 7 heteroatoms. The highest BCUT2D eigenvalue weighted by molar-refractivity contribution is 5.94. The second-order valence-corrected chi connectivity index (χ2v) is 8.97. The van der Waals surface area contributed by atoms with Crippen LogP contribution in [-0.2, 0) is 4.79 Å². The molecular formula is C25H31FN4O2. The van der Waals surface area contributed by atoms with Crippen LogP contribution in [0.2, 0.25) is 0 Å². The molecule has 1 aliphatic carbocycles. The fourth-order valence-electron chi connectivity index (χ4n) is 4.13. The lowest BCUT2D eigenvalue weighted by Gasteiger charge is -2.35. The number of hydrogen-bond acceptors (Lipinski definition) is 3. The SMILES string of the molecule is Cc1ccc(F)c(N2CCCC(NC(=O)NC(C)c3ccc(NC(=O)C4CC4)cc3)C2)c1. The minimum absolute atomic E-state index is 0.0455. The number of nitrogens with zero attached hydrogens (tertiary/aromatic N) is 1. The van der Waals surface area contributed by atoms with E-state index in [1.807, 2.05) is 49.1 Å². The molecule has 1 aliphatic heterocycles. The lowest BCUT2D eigenvalue weighted by Crippen LogP contribution is -2.51. The Morgan fingerprint density at radius 1 is 1.09 bits per heavy atom. The number of benzene rings is 2. The highest BCUT2D eigenvalue weighted by Crippen LogP contribution is 2.30. The van der Waals surface area contributed by atoms with Crippen LogP contribution < -0.4 is 20.9 Å². The number of hydrogen-bond donors (Lipinski definition) is 3. The van der Waals surface area contributed by atoms with Crippen LogP contribution in [0.1, 0.15) is 49.8 Å². The Morgan fingerprint density at radius 3 is 2.56 bits per heavy atom. The van der Waals surface area contributed by atoms with Crippen LogP contribution in [0.5, 0.6) is 0 Å². The van der Waals surface area contributed by atoms with E-state index < -0.39 is 0 Å². The molecule has 2 fully saturated rings. The minimum atomic E-state index is -0.236. The van der Waals surface area contributed by atoms with Crippen LogP contribution in [-0.4, -0.2) is 31.1 Å². The monoisotopic (exact) mass is 438 g/mol. The normalized spacial score (nSPS) is 19.2. The van der Waals surface area contributed by atoms with Crippen LogP contribution in [0.25, 0.3) is 0 Å². The van der Waals surface area contributed by atoms with Gasteiger partial charge in [-0.2, -0.15) is 0 Å². The minimum Gasteiger partial charge on any atom is -0.367 e. The number of nitrogens with one attached hydrogen (secondary N) is 3. The van der Waals surface area contributed by atoms with E-state index in [2.05, 4.69) is 16.0 Å². The van der Waals surface area contributed by atoms with Gasteiger partial charge in [0.25, 0.3) is 0 Å². The summed E-state index contributed by atoms with van der Waals surface area (Å²) in [6.45, 7) is 5.23. The molecule has 4 rings (SSSR count). The number of halogens is 1. The third kappa shape index (κ3) is 5.58. The van der Waals surface area contributed by atoms with Crippen molar-refractivity contribution < 1.29 is 14.0 Å². The second kappa shape index (κ2) is 9.59. The third-order valence-corrected chi connectivity index (χ3v) is 6.17. The van der Waals surface area contributed by atoms with Crippen molar-refractivity contribution >= 4 is 23.3 Å². The van der Waals surface area contributed by atoms with E-state index in [1.54, 1.807) is 6.07 Å². The van der Waals surface area contributed by atoms with Crippen molar-refractivity contribution in [1.82, 2.24) is 10.6 Å². The second-order valence-electron chi connectivity index (χ2n) is 8.97. The Hall–Kier alpha value is -3.09. The zero-order chi connectivity index (χ0) is 22.7. The molecule has 3 amide bonds. The Labute approximate surface area is 188 Å².